The van der Waals surface area contributed by atoms with Crippen molar-refractivity contribution in [2.45, 2.75) is 22.1 Å². The van der Waals surface area contributed by atoms with Crippen molar-refractivity contribution in [1.29, 1.82) is 0 Å². The number of benzene rings is 2. The van der Waals surface area contributed by atoms with Gasteiger partial charge < -0.3 is 0 Å². The first-order valence-corrected chi connectivity index (χ1v) is 11.5. The second kappa shape index (κ2) is 7.65. The third-order valence-electron chi connectivity index (χ3n) is 3.74. The van der Waals surface area contributed by atoms with Gasteiger partial charge in [0.2, 0.25) is 0 Å². The summed E-state index contributed by atoms with van der Waals surface area (Å²) in [6.45, 7) is 0. The lowest BCUT2D eigenvalue weighted by atomic mass is 10.2. The maximum Gasteiger partial charge on any atom is 0.416 e. The van der Waals surface area contributed by atoms with Crippen molar-refractivity contribution >= 4 is 31.0 Å². The highest BCUT2D eigenvalue weighted by atomic mass is 32.2. The maximum absolute atomic E-state index is 13.0. The fraction of sp³-hybridized carbons (Fsp3) is 0.250. The van der Waals surface area contributed by atoms with Crippen molar-refractivity contribution in [3.63, 3.8) is 0 Å². The van der Waals surface area contributed by atoms with E-state index >= 15 is 0 Å². The molecule has 2 aromatic rings. The lowest BCUT2D eigenvalue weighted by Crippen LogP contribution is -2.17. The SMILES string of the molecule is CS(=O)(=O)c1ccc(C(F)(F)F)cc1NNc1cc(C(F)(F)F)ccc1S(C)(=O)=O. The molecule has 0 bridgehead atoms. The summed E-state index contributed by atoms with van der Waals surface area (Å²) < 4.78 is 125. The third-order valence-corrected chi connectivity index (χ3v) is 6.05. The molecular formula is C16H14F6N2O4S2. The number of hydrogen-bond acceptors (Lipinski definition) is 6. The molecule has 0 unspecified atom stereocenters. The lowest BCUT2D eigenvalue weighted by molar-refractivity contribution is -0.138. The van der Waals surface area contributed by atoms with E-state index in [1.807, 2.05) is 0 Å². The smallest absolute Gasteiger partial charge is 0.300 e. The van der Waals surface area contributed by atoms with Crippen LogP contribution in [0.15, 0.2) is 46.2 Å². The van der Waals surface area contributed by atoms with Crippen LogP contribution in [0.4, 0.5) is 37.7 Å². The predicted molar refractivity (Wildman–Crippen MR) is 96.4 cm³/mol. The molecule has 30 heavy (non-hydrogen) atoms. The minimum Gasteiger partial charge on any atom is -0.300 e. The van der Waals surface area contributed by atoms with Crippen molar-refractivity contribution in [2.75, 3.05) is 23.4 Å². The van der Waals surface area contributed by atoms with Gasteiger partial charge in [-0.05, 0) is 36.4 Å². The predicted octanol–water partition coefficient (Wildman–Crippen LogP) is 3.97. The fourth-order valence-electron chi connectivity index (χ4n) is 2.39. The van der Waals surface area contributed by atoms with E-state index in [9.17, 15) is 43.2 Å². The van der Waals surface area contributed by atoms with Gasteiger partial charge in [0.15, 0.2) is 19.7 Å². The molecule has 0 heterocycles. The zero-order valence-corrected chi connectivity index (χ0v) is 16.8. The average molecular weight is 476 g/mol. The summed E-state index contributed by atoms with van der Waals surface area (Å²) in [6.07, 6.45) is -8.23. The topological polar surface area (TPSA) is 92.3 Å². The molecule has 2 rings (SSSR count). The summed E-state index contributed by atoms with van der Waals surface area (Å²) in [6, 6.07) is 3.24. The molecule has 0 aliphatic rings. The van der Waals surface area contributed by atoms with Crippen LogP contribution in [0, 0.1) is 0 Å². The highest BCUT2D eigenvalue weighted by molar-refractivity contribution is 7.91. The largest absolute Gasteiger partial charge is 0.416 e. The monoisotopic (exact) mass is 476 g/mol. The van der Waals surface area contributed by atoms with Crippen LogP contribution in [0.2, 0.25) is 0 Å². The van der Waals surface area contributed by atoms with Gasteiger partial charge >= 0.3 is 12.4 Å². The van der Waals surface area contributed by atoms with E-state index in [0.717, 1.165) is 0 Å². The second-order valence-electron chi connectivity index (χ2n) is 6.21. The molecular weight excluding hydrogens is 462 g/mol. The van der Waals surface area contributed by atoms with Crippen LogP contribution < -0.4 is 10.9 Å². The molecule has 6 nitrogen and oxygen atoms in total. The Hall–Kier alpha value is -2.48. The summed E-state index contributed by atoms with van der Waals surface area (Å²) in [5, 5.41) is 0. The van der Waals surface area contributed by atoms with Crippen LogP contribution in [0.5, 0.6) is 0 Å². The van der Waals surface area contributed by atoms with Crippen molar-refractivity contribution in [2.24, 2.45) is 0 Å². The maximum atomic E-state index is 13.0. The van der Waals surface area contributed by atoms with Gasteiger partial charge in [-0.1, -0.05) is 0 Å². The van der Waals surface area contributed by atoms with Crippen LogP contribution >= 0.6 is 0 Å². The number of anilines is 2. The fourth-order valence-corrected chi connectivity index (χ4v) is 4.04. The number of sulfone groups is 2. The van der Waals surface area contributed by atoms with Crippen LogP contribution in [0.1, 0.15) is 11.1 Å². The molecule has 2 aromatic carbocycles. The van der Waals surface area contributed by atoms with E-state index in [4.69, 9.17) is 0 Å². The van der Waals surface area contributed by atoms with Gasteiger partial charge in [-0.15, -0.1) is 0 Å². The van der Waals surface area contributed by atoms with E-state index in [0.29, 0.717) is 48.9 Å². The number of rotatable bonds is 5. The van der Waals surface area contributed by atoms with Crippen molar-refractivity contribution < 1.29 is 43.2 Å². The van der Waals surface area contributed by atoms with E-state index in [2.05, 4.69) is 10.9 Å². The summed E-state index contributed by atoms with van der Waals surface area (Å²) in [5.41, 5.74) is 0.428. The molecule has 0 radical (unpaired) electrons. The van der Waals surface area contributed by atoms with Gasteiger partial charge in [0.05, 0.1) is 32.3 Å². The van der Waals surface area contributed by atoms with E-state index in [1.54, 1.807) is 0 Å². The normalized spacial score (nSPS) is 13.2. The Balaban J connectivity index is 2.57. The minimum absolute atomic E-state index is 0.428. The molecule has 0 aromatic heterocycles. The van der Waals surface area contributed by atoms with Crippen LogP contribution in [-0.4, -0.2) is 29.3 Å². The molecule has 0 aliphatic carbocycles. The highest BCUT2D eigenvalue weighted by Gasteiger charge is 2.33. The molecule has 0 spiro atoms. The Labute approximate surface area is 167 Å². The standard InChI is InChI=1S/C16H14F6N2O4S2/c1-29(25,26)13-5-3-9(15(17,18)19)7-11(13)23-24-12-8-10(16(20,21)22)4-6-14(12)30(2,27)28/h3-8,23-24H,1-2H3. The Morgan fingerprint density at radius 1 is 0.633 bits per heavy atom. The first-order chi connectivity index (χ1) is 13.4. The van der Waals surface area contributed by atoms with Crippen molar-refractivity contribution in [3.8, 4) is 0 Å². The number of alkyl halides is 6. The van der Waals surface area contributed by atoms with Gasteiger partial charge in [-0.3, -0.25) is 10.9 Å². The van der Waals surface area contributed by atoms with Gasteiger partial charge in [-0.2, -0.15) is 26.3 Å². The first kappa shape index (κ1) is 23.8. The van der Waals surface area contributed by atoms with Crippen LogP contribution in [0.25, 0.3) is 0 Å². The zero-order chi connectivity index (χ0) is 23.1. The van der Waals surface area contributed by atoms with E-state index in [-0.39, 0.29) is 0 Å². The molecule has 2 N–H and O–H groups in total. The zero-order valence-electron chi connectivity index (χ0n) is 15.2. The van der Waals surface area contributed by atoms with Gasteiger partial charge in [0.25, 0.3) is 0 Å². The van der Waals surface area contributed by atoms with Crippen LogP contribution in [-0.2, 0) is 32.0 Å². The van der Waals surface area contributed by atoms with Crippen molar-refractivity contribution in [3.05, 3.63) is 47.5 Å². The quantitative estimate of drug-likeness (QED) is 0.501. The Bertz CT molecular complexity index is 1080. The Morgan fingerprint density at radius 3 is 1.17 bits per heavy atom. The third kappa shape index (κ3) is 5.56. The lowest BCUT2D eigenvalue weighted by Gasteiger charge is -2.18. The van der Waals surface area contributed by atoms with Crippen LogP contribution in [0.3, 0.4) is 0 Å². The number of nitrogens with one attached hydrogen (secondary N) is 2. The number of halogens is 6. The second-order valence-corrected chi connectivity index (χ2v) is 10.2. The molecule has 0 atom stereocenters. The van der Waals surface area contributed by atoms with Gasteiger partial charge in [-0.25, -0.2) is 16.8 Å². The molecule has 0 saturated carbocycles. The van der Waals surface area contributed by atoms with E-state index < -0.39 is 64.3 Å². The Morgan fingerprint density at radius 2 is 0.933 bits per heavy atom. The molecule has 0 aliphatic heterocycles. The summed E-state index contributed by atoms with van der Waals surface area (Å²) >= 11 is 0. The first-order valence-electron chi connectivity index (χ1n) is 7.75. The summed E-state index contributed by atoms with van der Waals surface area (Å²) in [7, 11) is -8.08. The summed E-state index contributed by atoms with van der Waals surface area (Å²) in [5.74, 6) is 0. The summed E-state index contributed by atoms with van der Waals surface area (Å²) in [4.78, 5) is -1.17. The van der Waals surface area contributed by atoms with Crippen molar-refractivity contribution in [1.82, 2.24) is 0 Å². The average Bonchev–Trinajstić information content (AvgIpc) is 2.56. The molecule has 0 saturated heterocycles. The molecule has 0 amide bonds. The molecule has 166 valence electrons. The number of hydrogen-bond donors (Lipinski definition) is 2. The van der Waals surface area contributed by atoms with E-state index in [1.165, 1.54) is 0 Å². The highest BCUT2D eigenvalue weighted by Crippen LogP contribution is 2.35. The minimum atomic E-state index is -4.83. The van der Waals surface area contributed by atoms with Gasteiger partial charge in [0, 0.05) is 12.5 Å². The molecule has 0 fully saturated rings. The number of hydrazine groups is 1. The van der Waals surface area contributed by atoms with Gasteiger partial charge in [0.1, 0.15) is 0 Å². The molecule has 14 heteroatoms. The Kier molecular flexibility index (Phi) is 6.07.